The predicted octanol–water partition coefficient (Wildman–Crippen LogP) is 3.08. The minimum atomic E-state index is 0.777. The molecule has 88 valence electrons. The monoisotopic (exact) mass is 236 g/mol. The molecule has 2 heterocycles. The Balaban J connectivity index is 2.07. The molecular formula is C14H12N4. The van der Waals surface area contributed by atoms with Gasteiger partial charge in [-0.2, -0.15) is 0 Å². The Morgan fingerprint density at radius 3 is 2.67 bits per heavy atom. The number of para-hydroxylation sites is 1. The van der Waals surface area contributed by atoms with Gasteiger partial charge in [0.05, 0.1) is 10.9 Å². The van der Waals surface area contributed by atoms with Gasteiger partial charge in [0, 0.05) is 17.6 Å². The number of nitrogens with one attached hydrogen (secondary N) is 1. The number of aryl methyl sites for hydroxylation is 1. The lowest BCUT2D eigenvalue weighted by Crippen LogP contribution is -1.96. The van der Waals surface area contributed by atoms with Crippen LogP contribution in [-0.4, -0.2) is 15.0 Å². The Labute approximate surface area is 105 Å². The largest absolute Gasteiger partial charge is 0.340 e. The summed E-state index contributed by atoms with van der Waals surface area (Å²) in [6.07, 6.45) is 3.36. The second kappa shape index (κ2) is 4.41. The lowest BCUT2D eigenvalue weighted by molar-refractivity contribution is 1.17. The number of hydrogen-bond donors (Lipinski definition) is 1. The topological polar surface area (TPSA) is 50.7 Å². The number of aromatic nitrogens is 3. The molecule has 0 amide bonds. The second-order valence-electron chi connectivity index (χ2n) is 4.06. The van der Waals surface area contributed by atoms with Crippen LogP contribution in [0.1, 0.15) is 5.69 Å². The molecule has 0 spiro atoms. The van der Waals surface area contributed by atoms with Crippen molar-refractivity contribution in [2.75, 3.05) is 5.32 Å². The van der Waals surface area contributed by atoms with Crippen molar-refractivity contribution in [1.29, 1.82) is 0 Å². The SMILES string of the molecule is Cc1cc2ncnc(Nc3ccccc3)c2cn1. The van der Waals surface area contributed by atoms with Gasteiger partial charge >= 0.3 is 0 Å². The average Bonchev–Trinajstić information content (AvgIpc) is 2.40. The van der Waals surface area contributed by atoms with Crippen LogP contribution in [0.15, 0.2) is 48.9 Å². The molecular weight excluding hydrogens is 224 g/mol. The van der Waals surface area contributed by atoms with E-state index in [2.05, 4.69) is 20.3 Å². The molecule has 3 aromatic rings. The van der Waals surface area contributed by atoms with Crippen LogP contribution in [0.25, 0.3) is 10.9 Å². The molecule has 0 aliphatic rings. The molecule has 0 saturated heterocycles. The minimum absolute atomic E-state index is 0.777. The van der Waals surface area contributed by atoms with Crippen LogP contribution in [-0.2, 0) is 0 Å². The highest BCUT2D eigenvalue weighted by molar-refractivity contribution is 5.89. The first-order chi connectivity index (χ1) is 8.83. The molecule has 4 heteroatoms. The van der Waals surface area contributed by atoms with Gasteiger partial charge in [-0.1, -0.05) is 18.2 Å². The Kier molecular flexibility index (Phi) is 2.61. The van der Waals surface area contributed by atoms with Crippen molar-refractivity contribution < 1.29 is 0 Å². The first-order valence-electron chi connectivity index (χ1n) is 5.72. The Morgan fingerprint density at radius 2 is 1.83 bits per heavy atom. The highest BCUT2D eigenvalue weighted by atomic mass is 15.0. The molecule has 0 aliphatic heterocycles. The molecule has 2 aromatic heterocycles. The van der Waals surface area contributed by atoms with E-state index in [1.165, 1.54) is 0 Å². The maximum absolute atomic E-state index is 4.29. The van der Waals surface area contributed by atoms with Gasteiger partial charge in [-0.15, -0.1) is 0 Å². The fourth-order valence-corrected chi connectivity index (χ4v) is 1.81. The van der Waals surface area contributed by atoms with Gasteiger partial charge < -0.3 is 5.32 Å². The van der Waals surface area contributed by atoms with Crippen LogP contribution in [0.4, 0.5) is 11.5 Å². The standard InChI is InChI=1S/C14H12N4/c1-10-7-13-12(8-15-10)14(17-9-16-13)18-11-5-3-2-4-6-11/h2-9H,1H3,(H,16,17,18). The van der Waals surface area contributed by atoms with Gasteiger partial charge in [0.2, 0.25) is 0 Å². The predicted molar refractivity (Wildman–Crippen MR) is 71.8 cm³/mol. The summed E-state index contributed by atoms with van der Waals surface area (Å²) in [7, 11) is 0. The molecule has 3 rings (SSSR count). The Bertz CT molecular complexity index is 680. The summed E-state index contributed by atoms with van der Waals surface area (Å²) in [5.74, 6) is 0.777. The zero-order valence-corrected chi connectivity index (χ0v) is 9.96. The smallest absolute Gasteiger partial charge is 0.143 e. The van der Waals surface area contributed by atoms with Crippen molar-refractivity contribution in [3.8, 4) is 0 Å². The summed E-state index contributed by atoms with van der Waals surface area (Å²) in [5, 5.41) is 4.20. The van der Waals surface area contributed by atoms with Gasteiger partial charge in [0.1, 0.15) is 12.1 Å². The van der Waals surface area contributed by atoms with Crippen molar-refractivity contribution >= 4 is 22.4 Å². The zero-order chi connectivity index (χ0) is 12.4. The van der Waals surface area contributed by atoms with Gasteiger partial charge in [0.25, 0.3) is 0 Å². The molecule has 0 aliphatic carbocycles. The molecule has 0 bridgehead atoms. The van der Waals surface area contributed by atoms with Gasteiger partial charge in [0.15, 0.2) is 0 Å². The molecule has 0 unspecified atom stereocenters. The maximum atomic E-state index is 4.29. The lowest BCUT2D eigenvalue weighted by Gasteiger charge is -2.07. The zero-order valence-electron chi connectivity index (χ0n) is 9.96. The molecule has 1 N–H and O–H groups in total. The van der Waals surface area contributed by atoms with Gasteiger partial charge in [-0.25, -0.2) is 9.97 Å². The average molecular weight is 236 g/mol. The summed E-state index contributed by atoms with van der Waals surface area (Å²) in [6, 6.07) is 11.9. The number of benzene rings is 1. The molecule has 18 heavy (non-hydrogen) atoms. The van der Waals surface area contributed by atoms with Crippen LogP contribution >= 0.6 is 0 Å². The number of pyridine rings is 1. The van der Waals surface area contributed by atoms with Gasteiger partial charge in [-0.3, -0.25) is 4.98 Å². The third-order valence-corrected chi connectivity index (χ3v) is 2.69. The highest BCUT2D eigenvalue weighted by Crippen LogP contribution is 2.22. The molecule has 1 aromatic carbocycles. The van der Waals surface area contributed by atoms with E-state index in [1.54, 1.807) is 12.5 Å². The van der Waals surface area contributed by atoms with E-state index in [-0.39, 0.29) is 0 Å². The van der Waals surface area contributed by atoms with Crippen molar-refractivity contribution in [3.05, 3.63) is 54.6 Å². The maximum Gasteiger partial charge on any atom is 0.143 e. The van der Waals surface area contributed by atoms with E-state index < -0.39 is 0 Å². The van der Waals surface area contributed by atoms with Crippen LogP contribution in [0, 0.1) is 6.92 Å². The summed E-state index contributed by atoms with van der Waals surface area (Å²) >= 11 is 0. The normalized spacial score (nSPS) is 10.5. The number of fused-ring (bicyclic) bond motifs is 1. The van der Waals surface area contributed by atoms with E-state index in [1.807, 2.05) is 43.3 Å². The van der Waals surface area contributed by atoms with E-state index in [0.717, 1.165) is 28.1 Å². The third kappa shape index (κ3) is 2.00. The number of rotatable bonds is 2. The van der Waals surface area contributed by atoms with Crippen LogP contribution in [0.3, 0.4) is 0 Å². The molecule has 4 nitrogen and oxygen atoms in total. The van der Waals surface area contributed by atoms with Crippen molar-refractivity contribution in [2.24, 2.45) is 0 Å². The first kappa shape index (κ1) is 10.7. The van der Waals surface area contributed by atoms with Crippen molar-refractivity contribution in [1.82, 2.24) is 15.0 Å². The number of hydrogen-bond acceptors (Lipinski definition) is 4. The van der Waals surface area contributed by atoms with E-state index >= 15 is 0 Å². The third-order valence-electron chi connectivity index (χ3n) is 2.69. The van der Waals surface area contributed by atoms with Crippen LogP contribution in [0.2, 0.25) is 0 Å². The highest BCUT2D eigenvalue weighted by Gasteiger charge is 2.04. The number of anilines is 2. The fraction of sp³-hybridized carbons (Fsp3) is 0.0714. The Hall–Kier alpha value is -2.49. The van der Waals surface area contributed by atoms with Crippen LogP contribution in [0.5, 0.6) is 0 Å². The first-order valence-corrected chi connectivity index (χ1v) is 5.72. The van der Waals surface area contributed by atoms with Crippen LogP contribution < -0.4 is 5.32 Å². The summed E-state index contributed by atoms with van der Waals surface area (Å²) in [4.78, 5) is 12.8. The summed E-state index contributed by atoms with van der Waals surface area (Å²) in [5.41, 5.74) is 2.85. The van der Waals surface area contributed by atoms with E-state index in [0.29, 0.717) is 0 Å². The molecule has 0 atom stereocenters. The lowest BCUT2D eigenvalue weighted by atomic mass is 10.2. The van der Waals surface area contributed by atoms with Crippen molar-refractivity contribution in [3.63, 3.8) is 0 Å². The Morgan fingerprint density at radius 1 is 1.00 bits per heavy atom. The molecule has 0 fully saturated rings. The van der Waals surface area contributed by atoms with Crippen molar-refractivity contribution in [2.45, 2.75) is 6.92 Å². The molecule has 0 radical (unpaired) electrons. The van der Waals surface area contributed by atoms with E-state index in [9.17, 15) is 0 Å². The number of nitrogens with zero attached hydrogens (tertiary/aromatic N) is 3. The fourth-order valence-electron chi connectivity index (χ4n) is 1.81. The second-order valence-corrected chi connectivity index (χ2v) is 4.06. The van der Waals surface area contributed by atoms with E-state index in [4.69, 9.17) is 0 Å². The minimum Gasteiger partial charge on any atom is -0.340 e. The molecule has 0 saturated carbocycles. The van der Waals surface area contributed by atoms with Gasteiger partial charge in [-0.05, 0) is 25.1 Å². The quantitative estimate of drug-likeness (QED) is 0.742. The summed E-state index contributed by atoms with van der Waals surface area (Å²) in [6.45, 7) is 1.95. The summed E-state index contributed by atoms with van der Waals surface area (Å²) < 4.78 is 0.